The number of benzene rings is 1. The van der Waals surface area contributed by atoms with Crippen molar-refractivity contribution in [3.05, 3.63) is 57.7 Å². The summed E-state index contributed by atoms with van der Waals surface area (Å²) in [5, 5.41) is 10.6. The zero-order valence-electron chi connectivity index (χ0n) is 21.8. The summed E-state index contributed by atoms with van der Waals surface area (Å²) in [5.74, 6) is -0.501. The molecule has 7 nitrogen and oxygen atoms in total. The van der Waals surface area contributed by atoms with Crippen LogP contribution in [-0.4, -0.2) is 55.6 Å². The second-order valence-corrected chi connectivity index (χ2v) is 12.4. The molecule has 0 radical (unpaired) electrons. The lowest BCUT2D eigenvalue weighted by Gasteiger charge is -2.30. The Morgan fingerprint density at radius 2 is 1.95 bits per heavy atom. The van der Waals surface area contributed by atoms with Crippen LogP contribution in [-0.2, 0) is 15.0 Å². The summed E-state index contributed by atoms with van der Waals surface area (Å²) in [6.07, 6.45) is 0.179. The summed E-state index contributed by atoms with van der Waals surface area (Å²) >= 11 is 2.96. The van der Waals surface area contributed by atoms with Gasteiger partial charge in [0.05, 0.1) is 45.3 Å². The van der Waals surface area contributed by atoms with E-state index in [-0.39, 0.29) is 36.2 Å². The van der Waals surface area contributed by atoms with Gasteiger partial charge in [-0.3, -0.25) is 9.59 Å². The third kappa shape index (κ3) is 4.69. The van der Waals surface area contributed by atoms with Gasteiger partial charge in [0.1, 0.15) is 0 Å². The Bertz CT molecular complexity index is 1360. The number of nitrogens with zero attached hydrogens (tertiary/aromatic N) is 4. The standard InChI is InChI=1S/C28H32N4O3S2/c1-15(2)24(23-10-16(3)31-37-23)26(34)32-13-20(33)11-22(32)21-12-28(5,27(35)30-21)19-8-6-18(7-9-19)25-17(4)29-14-36-25/h6-10,14-15,20,22,24,33H,11-13H2,1-5H3/t20-,22+,24+,28+/m1/s1. The lowest BCUT2D eigenvalue weighted by atomic mass is 9.78. The predicted molar refractivity (Wildman–Crippen MR) is 147 cm³/mol. The van der Waals surface area contributed by atoms with E-state index in [2.05, 4.69) is 14.3 Å². The van der Waals surface area contributed by atoms with Crippen molar-refractivity contribution in [1.82, 2.24) is 14.3 Å². The van der Waals surface area contributed by atoms with E-state index in [9.17, 15) is 14.7 Å². The highest BCUT2D eigenvalue weighted by molar-refractivity contribution is 7.13. The van der Waals surface area contributed by atoms with E-state index in [0.29, 0.717) is 18.6 Å². The molecule has 5 rings (SSSR count). The first kappa shape index (κ1) is 25.9. The van der Waals surface area contributed by atoms with Gasteiger partial charge in [-0.2, -0.15) is 4.37 Å². The number of aliphatic hydroxyl groups is 1. The number of thiazole rings is 1. The number of hydrogen-bond donors (Lipinski definition) is 1. The van der Waals surface area contributed by atoms with Crippen LogP contribution in [0.4, 0.5) is 0 Å². The molecule has 2 amide bonds. The van der Waals surface area contributed by atoms with Gasteiger partial charge >= 0.3 is 0 Å². The number of hydrogen-bond acceptors (Lipinski definition) is 7. The van der Waals surface area contributed by atoms with Crippen molar-refractivity contribution in [3.63, 3.8) is 0 Å². The molecule has 194 valence electrons. The third-order valence-electron chi connectivity index (χ3n) is 7.61. The van der Waals surface area contributed by atoms with Crippen molar-refractivity contribution in [1.29, 1.82) is 0 Å². The Morgan fingerprint density at radius 1 is 1.22 bits per heavy atom. The topological polar surface area (TPSA) is 95.8 Å². The van der Waals surface area contributed by atoms with Gasteiger partial charge in [0.2, 0.25) is 5.91 Å². The van der Waals surface area contributed by atoms with Crippen LogP contribution in [0.2, 0.25) is 0 Å². The van der Waals surface area contributed by atoms with Crippen LogP contribution in [0.15, 0.2) is 40.8 Å². The number of aliphatic hydroxyl groups excluding tert-OH is 1. The van der Waals surface area contributed by atoms with Crippen molar-refractivity contribution in [3.8, 4) is 10.4 Å². The van der Waals surface area contributed by atoms with Crippen LogP contribution >= 0.6 is 22.9 Å². The summed E-state index contributed by atoms with van der Waals surface area (Å²) in [6.45, 7) is 10.2. The Hall–Kier alpha value is -2.75. The Labute approximate surface area is 225 Å². The monoisotopic (exact) mass is 536 g/mol. The predicted octanol–water partition coefficient (Wildman–Crippen LogP) is 4.91. The number of β-amino-alcohol motifs (C(OH)–C–C–N with tert-alkyl or cyclic N) is 1. The summed E-state index contributed by atoms with van der Waals surface area (Å²) < 4.78 is 4.38. The number of rotatable bonds is 6. The largest absolute Gasteiger partial charge is 0.391 e. The average Bonchev–Trinajstić information content (AvgIpc) is 3.62. The Balaban J connectivity index is 1.39. The molecule has 0 unspecified atom stereocenters. The van der Waals surface area contributed by atoms with Crippen LogP contribution in [0, 0.1) is 19.8 Å². The molecule has 1 saturated heterocycles. The molecule has 2 aliphatic heterocycles. The van der Waals surface area contributed by atoms with E-state index < -0.39 is 11.5 Å². The first-order valence-electron chi connectivity index (χ1n) is 12.6. The zero-order valence-corrected chi connectivity index (χ0v) is 23.4. The molecule has 2 aliphatic rings. The van der Waals surface area contributed by atoms with Gasteiger partial charge < -0.3 is 10.0 Å². The van der Waals surface area contributed by atoms with Crippen molar-refractivity contribution >= 4 is 40.4 Å². The van der Waals surface area contributed by atoms with Crippen LogP contribution in [0.1, 0.15) is 61.4 Å². The fourth-order valence-electron chi connectivity index (χ4n) is 5.53. The normalized spacial score (nSPS) is 24.7. The smallest absolute Gasteiger partial charge is 0.256 e. The summed E-state index contributed by atoms with van der Waals surface area (Å²) in [4.78, 5) is 39.8. The quantitative estimate of drug-likeness (QED) is 0.483. The second kappa shape index (κ2) is 9.85. The number of likely N-dealkylation sites (tertiary alicyclic amines) is 1. The molecular weight excluding hydrogens is 504 g/mol. The molecule has 0 spiro atoms. The maximum absolute atomic E-state index is 13.8. The second-order valence-electron chi connectivity index (χ2n) is 10.7. The van der Waals surface area contributed by atoms with Gasteiger partial charge in [-0.15, -0.1) is 11.3 Å². The lowest BCUT2D eigenvalue weighted by molar-refractivity contribution is -0.134. The SMILES string of the molecule is Cc1cc([C@@H](C(=O)N2C[C@H](O)C[C@H]2C2=NC(=O)[C@](C)(c3ccc(-c4scnc4C)cc3)C2)C(C)C)sn1. The zero-order chi connectivity index (χ0) is 26.5. The van der Waals surface area contributed by atoms with Gasteiger partial charge in [-0.1, -0.05) is 38.1 Å². The highest BCUT2D eigenvalue weighted by atomic mass is 32.1. The minimum absolute atomic E-state index is 0.0340. The third-order valence-corrected chi connectivity index (χ3v) is 9.55. The number of aryl methyl sites for hydroxylation is 2. The minimum atomic E-state index is -0.800. The molecule has 4 heterocycles. The van der Waals surface area contributed by atoms with Crippen molar-refractivity contribution in [2.75, 3.05) is 6.54 Å². The molecule has 1 fully saturated rings. The number of amides is 2. The van der Waals surface area contributed by atoms with Crippen LogP contribution in [0.3, 0.4) is 0 Å². The fourth-order valence-corrected chi connectivity index (χ4v) is 7.36. The van der Waals surface area contributed by atoms with E-state index in [1.54, 1.807) is 16.2 Å². The number of carbonyl (C=O) groups is 2. The van der Waals surface area contributed by atoms with Gasteiger partial charge in [-0.05, 0) is 55.4 Å². The van der Waals surface area contributed by atoms with Crippen molar-refractivity contribution in [2.24, 2.45) is 10.9 Å². The average molecular weight is 537 g/mol. The Morgan fingerprint density at radius 3 is 2.54 bits per heavy atom. The van der Waals surface area contributed by atoms with Crippen LogP contribution in [0.25, 0.3) is 10.4 Å². The number of carbonyl (C=O) groups excluding carboxylic acids is 2. The van der Waals surface area contributed by atoms with Gasteiger partial charge in [0.25, 0.3) is 5.91 Å². The van der Waals surface area contributed by atoms with E-state index in [1.165, 1.54) is 11.5 Å². The molecule has 0 saturated carbocycles. The molecule has 1 aromatic carbocycles. The van der Waals surface area contributed by atoms with Crippen LogP contribution in [0.5, 0.6) is 0 Å². The molecule has 0 bridgehead atoms. The van der Waals surface area contributed by atoms with E-state index in [0.717, 1.165) is 32.3 Å². The summed E-state index contributed by atoms with van der Waals surface area (Å²) in [7, 11) is 0. The number of aliphatic imine (C=N–C) groups is 1. The van der Waals surface area contributed by atoms with E-state index in [1.807, 2.05) is 70.5 Å². The van der Waals surface area contributed by atoms with Gasteiger partial charge in [0.15, 0.2) is 0 Å². The fraction of sp³-hybridized carbons (Fsp3) is 0.464. The van der Waals surface area contributed by atoms with Gasteiger partial charge in [0, 0.05) is 30.0 Å². The molecular formula is C28H32N4O3S2. The first-order chi connectivity index (χ1) is 17.6. The van der Waals surface area contributed by atoms with Gasteiger partial charge in [-0.25, -0.2) is 9.98 Å². The molecule has 37 heavy (non-hydrogen) atoms. The molecule has 0 aliphatic carbocycles. The molecule has 9 heteroatoms. The minimum Gasteiger partial charge on any atom is -0.391 e. The van der Waals surface area contributed by atoms with Crippen molar-refractivity contribution < 1.29 is 14.7 Å². The number of aromatic nitrogens is 2. The molecule has 3 aromatic rings. The van der Waals surface area contributed by atoms with E-state index >= 15 is 0 Å². The maximum Gasteiger partial charge on any atom is 0.256 e. The Kier molecular flexibility index (Phi) is 6.89. The lowest BCUT2D eigenvalue weighted by Crippen LogP contribution is -2.44. The summed E-state index contributed by atoms with van der Waals surface area (Å²) in [6, 6.07) is 9.65. The maximum atomic E-state index is 13.8. The van der Waals surface area contributed by atoms with E-state index in [4.69, 9.17) is 0 Å². The highest BCUT2D eigenvalue weighted by Gasteiger charge is 2.48. The highest BCUT2D eigenvalue weighted by Crippen LogP contribution is 2.40. The first-order valence-corrected chi connectivity index (χ1v) is 14.3. The summed E-state index contributed by atoms with van der Waals surface area (Å²) in [5.41, 5.74) is 5.59. The molecule has 4 atom stereocenters. The molecule has 2 aromatic heterocycles. The molecule has 1 N–H and O–H groups in total. The van der Waals surface area contributed by atoms with Crippen LogP contribution < -0.4 is 0 Å². The van der Waals surface area contributed by atoms with Crippen molar-refractivity contribution in [2.45, 2.75) is 70.9 Å².